The summed E-state index contributed by atoms with van der Waals surface area (Å²) in [6.45, 7) is 5.00. The summed E-state index contributed by atoms with van der Waals surface area (Å²) in [6, 6.07) is 6.14. The van der Waals surface area contributed by atoms with Crippen LogP contribution in [0, 0.1) is 10.6 Å². The van der Waals surface area contributed by atoms with Crippen molar-refractivity contribution in [2.24, 2.45) is 10.7 Å². The molecule has 2 atom stereocenters. The quantitative estimate of drug-likeness (QED) is 0.576. The molecule has 0 fully saturated rings. The van der Waals surface area contributed by atoms with Crippen molar-refractivity contribution in [1.29, 1.82) is 4.78 Å². The predicted octanol–water partition coefficient (Wildman–Crippen LogP) is 4.39. The fraction of sp³-hybridized carbons (Fsp3) is 0.333. The van der Waals surface area contributed by atoms with Crippen LogP contribution in [-0.2, 0) is 15.3 Å². The summed E-state index contributed by atoms with van der Waals surface area (Å²) < 4.78 is 40.5. The Balaban J connectivity index is 1.76. The lowest BCUT2D eigenvalue weighted by molar-refractivity contribution is 0.432. The molecule has 3 heterocycles. The Morgan fingerprint density at radius 2 is 1.91 bits per heavy atom. The molecule has 0 unspecified atom stereocenters. The fourth-order valence-electron chi connectivity index (χ4n) is 3.47. The second-order valence-corrected chi connectivity index (χ2v) is 11.6. The van der Waals surface area contributed by atoms with Gasteiger partial charge in [-0.25, -0.2) is 18.6 Å². The minimum atomic E-state index is -3.06. The van der Waals surface area contributed by atoms with Gasteiger partial charge in [0, 0.05) is 35.3 Å². The Hall–Kier alpha value is -2.85. The van der Waals surface area contributed by atoms with E-state index in [9.17, 15) is 8.60 Å². The number of amidine groups is 1. The topological polar surface area (TPSA) is 131 Å². The molecule has 3 N–H and O–H groups in total. The first-order chi connectivity index (χ1) is 14.9. The zero-order valence-electron chi connectivity index (χ0n) is 17.7. The Kier molecular flexibility index (Phi) is 5.33. The van der Waals surface area contributed by atoms with Crippen molar-refractivity contribution in [3.8, 4) is 22.8 Å². The van der Waals surface area contributed by atoms with E-state index in [1.54, 1.807) is 39.0 Å². The van der Waals surface area contributed by atoms with Crippen LogP contribution in [0.5, 0.6) is 0 Å². The van der Waals surface area contributed by atoms with Gasteiger partial charge >= 0.3 is 0 Å². The Labute approximate surface area is 190 Å². The van der Waals surface area contributed by atoms with Crippen LogP contribution in [0.15, 0.2) is 46.2 Å². The molecule has 168 valence electrons. The van der Waals surface area contributed by atoms with Crippen molar-refractivity contribution < 1.29 is 13.1 Å². The van der Waals surface area contributed by atoms with Crippen LogP contribution < -0.4 is 5.73 Å². The third-order valence-corrected chi connectivity index (χ3v) is 8.71. The van der Waals surface area contributed by atoms with E-state index in [1.165, 1.54) is 18.5 Å². The molecule has 2 aromatic heterocycles. The van der Waals surface area contributed by atoms with Gasteiger partial charge in [0.1, 0.15) is 16.4 Å². The third kappa shape index (κ3) is 3.77. The van der Waals surface area contributed by atoms with Gasteiger partial charge in [0.2, 0.25) is 0 Å². The number of benzene rings is 1. The smallest absolute Gasteiger partial charge is 0.181 e. The van der Waals surface area contributed by atoms with Gasteiger partial charge in [-0.15, -0.1) is 0 Å². The molecule has 1 aliphatic rings. The number of aliphatic imine (C=N–C) groups is 1. The lowest BCUT2D eigenvalue weighted by Gasteiger charge is -2.26. The summed E-state index contributed by atoms with van der Waals surface area (Å²) >= 11 is 5.82. The zero-order chi connectivity index (χ0) is 23.3. The maximum absolute atomic E-state index is 15.0. The van der Waals surface area contributed by atoms with Gasteiger partial charge < -0.3 is 10.3 Å². The summed E-state index contributed by atoms with van der Waals surface area (Å²) in [6.07, 6.45) is 3.12. The van der Waals surface area contributed by atoms with Crippen molar-refractivity contribution in [2.75, 3.05) is 5.75 Å². The standard InChI is InChI=1S/C21H22ClFN6O2S/c1-20(2)19(24)28-21(3,6-7-32(20,25)30)14-8-12(4-5-15(14)23)17-9-16(29-31-17)18-26-10-13(22)11-27-18/h4-5,8-11,25H,6-7H2,1-3H3,(H2,24,28)/t21-,32-/m0/s1. The second-order valence-electron chi connectivity index (χ2n) is 8.41. The van der Waals surface area contributed by atoms with Crippen LogP contribution in [0.25, 0.3) is 22.8 Å². The fourth-order valence-corrected chi connectivity index (χ4v) is 5.15. The van der Waals surface area contributed by atoms with Gasteiger partial charge in [0.05, 0.1) is 20.3 Å². The number of nitrogens with two attached hydrogens (primary N) is 1. The van der Waals surface area contributed by atoms with E-state index in [1.807, 2.05) is 0 Å². The number of hydrogen-bond acceptors (Lipinski definition) is 8. The van der Waals surface area contributed by atoms with E-state index < -0.39 is 25.8 Å². The molecule has 0 amide bonds. The normalized spacial score (nSPS) is 25.2. The molecule has 3 aromatic rings. The summed E-state index contributed by atoms with van der Waals surface area (Å²) in [7, 11) is -3.06. The summed E-state index contributed by atoms with van der Waals surface area (Å²) in [4.78, 5) is 12.8. The van der Waals surface area contributed by atoms with E-state index >= 15 is 0 Å². The van der Waals surface area contributed by atoms with Crippen LogP contribution in [0.3, 0.4) is 0 Å². The zero-order valence-corrected chi connectivity index (χ0v) is 19.3. The van der Waals surface area contributed by atoms with Gasteiger partial charge in [-0.1, -0.05) is 16.8 Å². The molecule has 0 aliphatic carbocycles. The first-order valence-corrected chi connectivity index (χ1v) is 11.9. The molecule has 0 bridgehead atoms. The lowest BCUT2D eigenvalue weighted by Crippen LogP contribution is -2.45. The molecule has 0 saturated carbocycles. The first-order valence-electron chi connectivity index (χ1n) is 9.80. The number of aromatic nitrogens is 3. The summed E-state index contributed by atoms with van der Waals surface area (Å²) in [5, 5.41) is 4.39. The molecule has 4 rings (SSSR count). The SMILES string of the molecule is CC1(C)C(N)=N[C@](C)(c2cc(-c3cc(-c4ncc(Cl)cn4)no3)ccc2F)CC[S@]1(=N)=O. The van der Waals surface area contributed by atoms with E-state index in [0.29, 0.717) is 27.9 Å². The van der Waals surface area contributed by atoms with Crippen molar-refractivity contribution >= 4 is 27.2 Å². The molecule has 0 radical (unpaired) electrons. The molecule has 32 heavy (non-hydrogen) atoms. The highest BCUT2D eigenvalue weighted by molar-refractivity contribution is 7.94. The van der Waals surface area contributed by atoms with Crippen molar-refractivity contribution in [3.63, 3.8) is 0 Å². The first kappa shape index (κ1) is 22.3. The Bertz CT molecular complexity index is 1320. The van der Waals surface area contributed by atoms with Gasteiger partial charge in [-0.3, -0.25) is 9.77 Å². The molecule has 8 nitrogen and oxygen atoms in total. The molecule has 0 spiro atoms. The Morgan fingerprint density at radius 1 is 1.22 bits per heavy atom. The van der Waals surface area contributed by atoms with E-state index in [-0.39, 0.29) is 23.6 Å². The molecule has 0 saturated heterocycles. The maximum Gasteiger partial charge on any atom is 0.181 e. The summed E-state index contributed by atoms with van der Waals surface area (Å²) in [5.74, 6) is 0.366. The van der Waals surface area contributed by atoms with Crippen LogP contribution in [0.1, 0.15) is 32.8 Å². The van der Waals surface area contributed by atoms with Gasteiger partial charge in [0.15, 0.2) is 17.3 Å². The lowest BCUT2D eigenvalue weighted by atomic mass is 9.87. The molecule has 1 aliphatic heterocycles. The third-order valence-electron chi connectivity index (χ3n) is 5.88. The van der Waals surface area contributed by atoms with Crippen LogP contribution >= 0.6 is 11.6 Å². The monoisotopic (exact) mass is 476 g/mol. The van der Waals surface area contributed by atoms with E-state index in [0.717, 1.165) is 0 Å². The van der Waals surface area contributed by atoms with Crippen molar-refractivity contribution in [1.82, 2.24) is 15.1 Å². The number of hydrogen-bond donors (Lipinski definition) is 2. The molecule has 1 aromatic carbocycles. The van der Waals surface area contributed by atoms with E-state index in [4.69, 9.17) is 26.6 Å². The maximum atomic E-state index is 15.0. The largest absolute Gasteiger partial charge is 0.386 e. The van der Waals surface area contributed by atoms with Crippen molar-refractivity contribution in [3.05, 3.63) is 53.1 Å². The Morgan fingerprint density at radius 3 is 2.59 bits per heavy atom. The van der Waals surface area contributed by atoms with Gasteiger partial charge in [-0.2, -0.15) is 0 Å². The van der Waals surface area contributed by atoms with E-state index in [2.05, 4.69) is 20.1 Å². The average Bonchev–Trinajstić information content (AvgIpc) is 3.21. The molecule has 11 heteroatoms. The second kappa shape index (κ2) is 7.63. The predicted molar refractivity (Wildman–Crippen MR) is 121 cm³/mol. The highest BCUT2D eigenvalue weighted by Crippen LogP contribution is 2.39. The van der Waals surface area contributed by atoms with Gasteiger partial charge in [-0.05, 0) is 45.4 Å². The molecular weight excluding hydrogens is 455 g/mol. The van der Waals surface area contributed by atoms with Crippen molar-refractivity contribution in [2.45, 2.75) is 37.5 Å². The number of rotatable bonds is 3. The minimum absolute atomic E-state index is 0.0464. The molecular formula is C21H22ClFN6O2S. The van der Waals surface area contributed by atoms with Crippen LogP contribution in [0.4, 0.5) is 4.39 Å². The number of halogens is 2. The highest BCUT2D eigenvalue weighted by atomic mass is 35.5. The number of nitrogens with one attached hydrogen (secondary N) is 1. The summed E-state index contributed by atoms with van der Waals surface area (Å²) in [5.41, 5.74) is 6.30. The minimum Gasteiger partial charge on any atom is -0.386 e. The van der Waals surface area contributed by atoms with Crippen LogP contribution in [0.2, 0.25) is 5.02 Å². The highest BCUT2D eigenvalue weighted by Gasteiger charge is 2.43. The van der Waals surface area contributed by atoms with Gasteiger partial charge in [0.25, 0.3) is 0 Å². The average molecular weight is 477 g/mol. The van der Waals surface area contributed by atoms with Crippen LogP contribution in [-0.4, -0.2) is 35.7 Å². The number of nitrogens with zero attached hydrogens (tertiary/aromatic N) is 4.